The third-order valence-corrected chi connectivity index (χ3v) is 7.35. The number of methoxy groups -OCH3 is 1. The number of ether oxygens (including phenoxy) is 3. The summed E-state index contributed by atoms with van der Waals surface area (Å²) in [5.41, 5.74) is 3.39. The minimum atomic E-state index is -1.03. The molecule has 2 N–H and O–H groups in total. The quantitative estimate of drug-likeness (QED) is 0.434. The van der Waals surface area contributed by atoms with Crippen LogP contribution in [0, 0.1) is 13.8 Å². The summed E-state index contributed by atoms with van der Waals surface area (Å²) >= 11 is 0. The zero-order chi connectivity index (χ0) is 27.5. The smallest absolute Gasteiger partial charge is 0.259 e. The van der Waals surface area contributed by atoms with Crippen LogP contribution in [0.3, 0.4) is 0 Å². The van der Waals surface area contributed by atoms with Crippen LogP contribution in [0.2, 0.25) is 0 Å². The molecule has 1 saturated carbocycles. The van der Waals surface area contributed by atoms with Crippen molar-refractivity contribution in [2.45, 2.75) is 51.6 Å². The number of carbonyl (C=O) groups excluding carboxylic acids is 2. The van der Waals surface area contributed by atoms with E-state index in [9.17, 15) is 14.7 Å². The molecule has 8 nitrogen and oxygen atoms in total. The molecule has 3 aromatic rings. The van der Waals surface area contributed by atoms with Gasteiger partial charge in [0.2, 0.25) is 5.91 Å². The Morgan fingerprint density at radius 2 is 1.72 bits per heavy atom. The molecular formula is C31H34N2O6. The van der Waals surface area contributed by atoms with E-state index in [-0.39, 0.29) is 29.4 Å². The molecule has 3 aromatic carbocycles. The Hall–Kier alpha value is -4.20. The van der Waals surface area contributed by atoms with Crippen molar-refractivity contribution < 1.29 is 28.9 Å². The van der Waals surface area contributed by atoms with Crippen LogP contribution in [-0.2, 0) is 4.79 Å². The first-order valence-electron chi connectivity index (χ1n) is 13.3. The Morgan fingerprint density at radius 1 is 0.974 bits per heavy atom. The lowest BCUT2D eigenvalue weighted by molar-refractivity contribution is -0.123. The summed E-state index contributed by atoms with van der Waals surface area (Å²) in [5, 5.41) is 13.5. The van der Waals surface area contributed by atoms with E-state index in [4.69, 9.17) is 14.2 Å². The zero-order valence-corrected chi connectivity index (χ0v) is 22.5. The minimum Gasteiger partial charge on any atom is -0.504 e. The summed E-state index contributed by atoms with van der Waals surface area (Å²) in [4.78, 5) is 30.0. The van der Waals surface area contributed by atoms with Crippen LogP contribution < -0.4 is 24.4 Å². The van der Waals surface area contributed by atoms with Gasteiger partial charge in [-0.2, -0.15) is 0 Å². The van der Waals surface area contributed by atoms with Gasteiger partial charge >= 0.3 is 0 Å². The maximum Gasteiger partial charge on any atom is 0.259 e. The summed E-state index contributed by atoms with van der Waals surface area (Å²) in [6.45, 7) is 4.75. The van der Waals surface area contributed by atoms with Crippen molar-refractivity contribution in [2.24, 2.45) is 0 Å². The first-order valence-corrected chi connectivity index (χ1v) is 13.3. The molecule has 0 aromatic heterocycles. The molecule has 1 heterocycles. The van der Waals surface area contributed by atoms with E-state index < -0.39 is 6.04 Å². The fourth-order valence-corrected chi connectivity index (χ4v) is 5.39. The van der Waals surface area contributed by atoms with Gasteiger partial charge in [0.1, 0.15) is 19.3 Å². The molecule has 39 heavy (non-hydrogen) atoms. The first kappa shape index (κ1) is 26.4. The summed E-state index contributed by atoms with van der Waals surface area (Å²) in [5.74, 6) is 0.588. The summed E-state index contributed by atoms with van der Waals surface area (Å²) < 4.78 is 16.8. The molecule has 1 aliphatic heterocycles. The Kier molecular flexibility index (Phi) is 7.63. The van der Waals surface area contributed by atoms with Gasteiger partial charge in [0, 0.05) is 17.3 Å². The van der Waals surface area contributed by atoms with Gasteiger partial charge < -0.3 is 24.6 Å². The number of nitrogens with one attached hydrogen (secondary N) is 1. The number of benzene rings is 3. The van der Waals surface area contributed by atoms with Crippen molar-refractivity contribution in [3.63, 3.8) is 0 Å². The van der Waals surface area contributed by atoms with E-state index in [2.05, 4.69) is 5.32 Å². The maximum atomic E-state index is 14.4. The zero-order valence-electron chi connectivity index (χ0n) is 22.5. The molecule has 0 spiro atoms. The van der Waals surface area contributed by atoms with Crippen LogP contribution in [0.25, 0.3) is 0 Å². The molecule has 1 fully saturated rings. The Balaban J connectivity index is 1.66. The van der Waals surface area contributed by atoms with Crippen LogP contribution in [0.1, 0.15) is 58.8 Å². The van der Waals surface area contributed by atoms with Crippen molar-refractivity contribution >= 4 is 17.5 Å². The van der Waals surface area contributed by atoms with E-state index in [1.54, 1.807) is 30.3 Å². The van der Waals surface area contributed by atoms with Gasteiger partial charge in [0.15, 0.2) is 23.0 Å². The molecule has 5 rings (SSSR count). The van der Waals surface area contributed by atoms with Crippen molar-refractivity contribution in [2.75, 3.05) is 25.2 Å². The highest BCUT2D eigenvalue weighted by molar-refractivity contribution is 6.10. The second kappa shape index (κ2) is 11.3. The molecule has 2 amide bonds. The van der Waals surface area contributed by atoms with E-state index in [1.165, 1.54) is 18.1 Å². The van der Waals surface area contributed by atoms with E-state index in [1.807, 2.05) is 32.0 Å². The highest BCUT2D eigenvalue weighted by Gasteiger charge is 2.36. The molecule has 1 atom stereocenters. The second-order valence-corrected chi connectivity index (χ2v) is 10.1. The van der Waals surface area contributed by atoms with E-state index >= 15 is 0 Å². The number of hydrogen-bond acceptors (Lipinski definition) is 6. The topological polar surface area (TPSA) is 97.3 Å². The highest BCUT2D eigenvalue weighted by Crippen LogP contribution is 2.38. The third-order valence-electron chi connectivity index (χ3n) is 7.35. The average Bonchev–Trinajstić information content (AvgIpc) is 3.45. The second-order valence-electron chi connectivity index (χ2n) is 10.1. The summed E-state index contributed by atoms with van der Waals surface area (Å²) in [6, 6.07) is 14.6. The number of phenolic OH excluding ortho intramolecular Hbond substituents is 1. The Morgan fingerprint density at radius 3 is 2.44 bits per heavy atom. The van der Waals surface area contributed by atoms with Crippen molar-refractivity contribution in [3.05, 3.63) is 76.9 Å². The van der Waals surface area contributed by atoms with Crippen molar-refractivity contribution in [1.29, 1.82) is 0 Å². The number of aromatic hydroxyl groups is 1. The SMILES string of the molecule is COc1cc([C@H](C(=O)NC2CCCC2)N(C(=O)c2ccc3c(c2)OCCO3)c2ccc(C)cc2C)ccc1O. The summed E-state index contributed by atoms with van der Waals surface area (Å²) in [7, 11) is 1.45. The van der Waals surface area contributed by atoms with Crippen molar-refractivity contribution in [3.8, 4) is 23.0 Å². The number of carbonyl (C=O) groups is 2. The van der Waals surface area contributed by atoms with Crippen LogP contribution in [0.15, 0.2) is 54.6 Å². The minimum absolute atomic E-state index is 0.0457. The predicted octanol–water partition coefficient (Wildman–Crippen LogP) is 5.24. The number of rotatable bonds is 7. The number of anilines is 1. The molecule has 0 radical (unpaired) electrons. The molecule has 1 aliphatic carbocycles. The fraction of sp³-hybridized carbons (Fsp3) is 0.355. The largest absolute Gasteiger partial charge is 0.504 e. The maximum absolute atomic E-state index is 14.4. The molecule has 0 saturated heterocycles. The van der Waals surface area contributed by atoms with Crippen LogP contribution in [-0.4, -0.2) is 43.3 Å². The van der Waals surface area contributed by atoms with E-state index in [0.717, 1.165) is 36.8 Å². The van der Waals surface area contributed by atoms with Gasteiger partial charge in [0.05, 0.1) is 7.11 Å². The normalized spacial score (nSPS) is 15.5. The number of nitrogens with zero attached hydrogens (tertiary/aromatic N) is 1. The number of amides is 2. The van der Waals surface area contributed by atoms with Gasteiger partial charge in [-0.1, -0.05) is 36.6 Å². The van der Waals surface area contributed by atoms with Gasteiger partial charge in [0.25, 0.3) is 5.91 Å². The van der Waals surface area contributed by atoms with Gasteiger partial charge in [-0.15, -0.1) is 0 Å². The van der Waals surface area contributed by atoms with E-state index in [0.29, 0.717) is 41.5 Å². The van der Waals surface area contributed by atoms with Crippen LogP contribution >= 0.6 is 0 Å². The number of hydrogen-bond donors (Lipinski definition) is 2. The Labute approximate surface area is 228 Å². The average molecular weight is 531 g/mol. The standard InChI is InChI=1S/C31H34N2O6/c1-19-8-11-24(20(2)16-19)33(31(36)22-10-13-26-28(18-22)39-15-14-38-26)29(30(35)32-23-6-4-5-7-23)21-9-12-25(34)27(17-21)37-3/h8-13,16-18,23,29,34H,4-7,14-15H2,1-3H3,(H,32,35)/t29-/m1/s1. The lowest BCUT2D eigenvalue weighted by Crippen LogP contribution is -2.46. The number of aryl methyl sites for hydroxylation is 2. The van der Waals surface area contributed by atoms with Gasteiger partial charge in [-0.05, 0) is 74.2 Å². The van der Waals surface area contributed by atoms with Crippen LogP contribution in [0.4, 0.5) is 5.69 Å². The Bertz CT molecular complexity index is 1380. The third kappa shape index (κ3) is 5.50. The lowest BCUT2D eigenvalue weighted by Gasteiger charge is -2.34. The molecule has 204 valence electrons. The van der Waals surface area contributed by atoms with Gasteiger partial charge in [-0.3, -0.25) is 14.5 Å². The highest BCUT2D eigenvalue weighted by atomic mass is 16.6. The molecule has 0 unspecified atom stereocenters. The monoisotopic (exact) mass is 530 g/mol. The number of fused-ring (bicyclic) bond motifs is 1. The lowest BCUT2D eigenvalue weighted by atomic mass is 9.98. The van der Waals surface area contributed by atoms with Gasteiger partial charge in [-0.25, -0.2) is 0 Å². The van der Waals surface area contributed by atoms with Crippen molar-refractivity contribution in [1.82, 2.24) is 5.32 Å². The first-order chi connectivity index (χ1) is 18.9. The number of phenols is 1. The predicted molar refractivity (Wildman–Crippen MR) is 148 cm³/mol. The molecule has 8 heteroatoms. The summed E-state index contributed by atoms with van der Waals surface area (Å²) in [6.07, 6.45) is 3.91. The molecular weight excluding hydrogens is 496 g/mol. The fourth-order valence-electron chi connectivity index (χ4n) is 5.39. The van der Waals surface area contributed by atoms with Crippen LogP contribution in [0.5, 0.6) is 23.0 Å². The molecule has 2 aliphatic rings. The molecule has 0 bridgehead atoms.